The fourth-order valence-corrected chi connectivity index (χ4v) is 4.77. The minimum absolute atomic E-state index is 0.0686. The van der Waals surface area contributed by atoms with Crippen LogP contribution in [-0.2, 0) is 14.3 Å². The van der Waals surface area contributed by atoms with E-state index in [9.17, 15) is 13.6 Å². The van der Waals surface area contributed by atoms with E-state index in [1.54, 1.807) is 0 Å². The Bertz CT molecular complexity index is 666. The molecule has 1 saturated heterocycles. The number of nitrogens with zero attached hydrogens (tertiary/aromatic N) is 1. The van der Waals surface area contributed by atoms with Crippen molar-refractivity contribution in [2.75, 3.05) is 13.2 Å². The van der Waals surface area contributed by atoms with Gasteiger partial charge in [-0.2, -0.15) is 8.78 Å². The highest BCUT2D eigenvalue weighted by Crippen LogP contribution is 2.37. The molecule has 0 radical (unpaired) electrons. The number of hydrogen-bond acceptors (Lipinski definition) is 5. The summed E-state index contributed by atoms with van der Waals surface area (Å²) in [5, 5.41) is 4.12. The smallest absolute Gasteiger partial charge is 0.456 e. The van der Waals surface area contributed by atoms with Crippen LogP contribution in [0, 0.1) is 0 Å². The third kappa shape index (κ3) is 4.69. The first kappa shape index (κ1) is 21.5. The molecule has 3 aliphatic rings. The second kappa shape index (κ2) is 8.28. The molecule has 2 fully saturated rings. The molecule has 3 rings (SSSR count). The highest BCUT2D eigenvalue weighted by atomic mass is 35.5. The summed E-state index contributed by atoms with van der Waals surface area (Å²) in [6, 6.07) is 0.735. The molecule has 1 aliphatic heterocycles. The number of nitrogens with one attached hydrogen (secondary N) is 1. The Labute approximate surface area is 170 Å². The van der Waals surface area contributed by atoms with Crippen molar-refractivity contribution in [3.8, 4) is 0 Å². The maximum absolute atomic E-state index is 13.9. The molecule has 0 aromatic heterocycles. The van der Waals surface area contributed by atoms with Gasteiger partial charge in [0.25, 0.3) is 0 Å². The molecular formula is C20H29ClF2N2O3. The zero-order valence-electron chi connectivity index (χ0n) is 16.6. The number of carbonyl (C=O) groups excluding carboxylic acids is 1. The molecule has 0 bridgehead atoms. The number of carbonyl (C=O) groups is 1. The third-order valence-electron chi connectivity index (χ3n) is 5.51. The third-order valence-corrected chi connectivity index (χ3v) is 5.83. The van der Waals surface area contributed by atoms with Gasteiger partial charge in [0, 0.05) is 24.2 Å². The van der Waals surface area contributed by atoms with Gasteiger partial charge in [-0.25, -0.2) is 4.79 Å². The molecule has 1 unspecified atom stereocenters. The van der Waals surface area contributed by atoms with Gasteiger partial charge in [0.1, 0.15) is 0 Å². The van der Waals surface area contributed by atoms with Gasteiger partial charge in [-0.15, -0.1) is 0 Å². The topological polar surface area (TPSA) is 50.8 Å². The van der Waals surface area contributed by atoms with Crippen LogP contribution in [0.15, 0.2) is 22.9 Å². The standard InChI is InChI=1S/C20H29ClF2N2O3/c1-4-27-18(26)20(22,23)28-13-9-10-16(14(21)11-13)25-12-19(2,3)24-15-7-5-6-8-17(15)25/h10-11,13,15,17,24H,4-9,12H2,1-3H3/t13?,15-,17+/m1/s1. The van der Waals surface area contributed by atoms with Gasteiger partial charge in [-0.05, 0) is 46.1 Å². The van der Waals surface area contributed by atoms with E-state index < -0.39 is 18.2 Å². The predicted molar refractivity (Wildman–Crippen MR) is 103 cm³/mol. The van der Waals surface area contributed by atoms with Gasteiger partial charge >= 0.3 is 12.1 Å². The van der Waals surface area contributed by atoms with Crippen LogP contribution in [0.3, 0.4) is 0 Å². The number of alkyl halides is 2. The van der Waals surface area contributed by atoms with Crippen LogP contribution in [-0.4, -0.2) is 53.9 Å². The van der Waals surface area contributed by atoms with E-state index in [0.29, 0.717) is 17.1 Å². The maximum Gasteiger partial charge on any atom is 0.456 e. The normalized spacial score (nSPS) is 30.2. The van der Waals surface area contributed by atoms with Crippen LogP contribution in [0.2, 0.25) is 0 Å². The predicted octanol–water partition coefficient (Wildman–Crippen LogP) is 3.93. The number of allylic oxidation sites excluding steroid dienone is 1. The molecule has 1 N–H and O–H groups in total. The van der Waals surface area contributed by atoms with Crippen molar-refractivity contribution in [1.29, 1.82) is 0 Å². The van der Waals surface area contributed by atoms with Gasteiger partial charge in [0.05, 0.1) is 23.4 Å². The number of fused-ring (bicyclic) bond motifs is 1. The number of halogens is 3. The van der Waals surface area contributed by atoms with Crippen molar-refractivity contribution < 1.29 is 23.0 Å². The number of piperazine rings is 1. The number of esters is 1. The van der Waals surface area contributed by atoms with Gasteiger partial charge in [-0.1, -0.05) is 30.5 Å². The molecule has 1 heterocycles. The van der Waals surface area contributed by atoms with E-state index in [0.717, 1.165) is 25.1 Å². The summed E-state index contributed by atoms with van der Waals surface area (Å²) in [4.78, 5) is 13.7. The Morgan fingerprint density at radius 1 is 1.39 bits per heavy atom. The van der Waals surface area contributed by atoms with Gasteiger partial charge < -0.3 is 19.7 Å². The lowest BCUT2D eigenvalue weighted by Crippen LogP contribution is -2.67. The molecule has 28 heavy (non-hydrogen) atoms. The quantitative estimate of drug-likeness (QED) is 0.685. The molecule has 5 nitrogen and oxygen atoms in total. The second-order valence-electron chi connectivity index (χ2n) is 8.35. The van der Waals surface area contributed by atoms with E-state index in [2.05, 4.69) is 28.8 Å². The highest BCUT2D eigenvalue weighted by molar-refractivity contribution is 6.32. The van der Waals surface area contributed by atoms with Gasteiger partial charge in [0.2, 0.25) is 0 Å². The first-order chi connectivity index (χ1) is 13.1. The molecule has 1 saturated carbocycles. The molecule has 0 aromatic carbocycles. The highest BCUT2D eigenvalue weighted by Gasteiger charge is 2.46. The minimum Gasteiger partial charge on any atom is -0.460 e. The SMILES string of the molecule is CCOC(=O)C(F)(F)OC1C=C(Cl)C(N2CC(C)(C)N[C@@H]3CCCC[C@@H]32)=CC1. The summed E-state index contributed by atoms with van der Waals surface area (Å²) in [6.45, 7) is 6.45. The summed E-state index contributed by atoms with van der Waals surface area (Å²) in [5.41, 5.74) is 0.799. The Morgan fingerprint density at radius 2 is 2.11 bits per heavy atom. The fraction of sp³-hybridized carbons (Fsp3) is 0.750. The van der Waals surface area contributed by atoms with Crippen molar-refractivity contribution in [2.24, 2.45) is 0 Å². The van der Waals surface area contributed by atoms with E-state index in [4.69, 9.17) is 16.3 Å². The van der Waals surface area contributed by atoms with Crippen molar-refractivity contribution in [2.45, 2.75) is 82.7 Å². The van der Waals surface area contributed by atoms with Crippen LogP contribution in [0.25, 0.3) is 0 Å². The molecular weight excluding hydrogens is 390 g/mol. The van der Waals surface area contributed by atoms with Crippen molar-refractivity contribution in [3.63, 3.8) is 0 Å². The Hall–Kier alpha value is -1.18. The lowest BCUT2D eigenvalue weighted by atomic mass is 9.82. The fourth-order valence-electron chi connectivity index (χ4n) is 4.44. The number of hydrogen-bond donors (Lipinski definition) is 1. The lowest BCUT2D eigenvalue weighted by molar-refractivity contribution is -0.259. The van der Waals surface area contributed by atoms with Crippen molar-refractivity contribution in [3.05, 3.63) is 22.9 Å². The van der Waals surface area contributed by atoms with Gasteiger partial charge in [-0.3, -0.25) is 0 Å². The zero-order chi connectivity index (χ0) is 20.5. The summed E-state index contributed by atoms with van der Waals surface area (Å²) in [7, 11) is 0. The maximum atomic E-state index is 13.9. The molecule has 0 aromatic rings. The van der Waals surface area contributed by atoms with Crippen LogP contribution < -0.4 is 5.32 Å². The molecule has 2 aliphatic carbocycles. The average Bonchev–Trinajstić information content (AvgIpc) is 2.60. The van der Waals surface area contributed by atoms with Gasteiger partial charge in [0.15, 0.2) is 0 Å². The van der Waals surface area contributed by atoms with Crippen LogP contribution in [0.1, 0.15) is 52.9 Å². The van der Waals surface area contributed by atoms with Crippen LogP contribution in [0.4, 0.5) is 8.78 Å². The first-order valence-corrected chi connectivity index (χ1v) is 10.4. The molecule has 158 valence electrons. The summed E-state index contributed by atoms with van der Waals surface area (Å²) < 4.78 is 36.8. The second-order valence-corrected chi connectivity index (χ2v) is 8.75. The van der Waals surface area contributed by atoms with E-state index in [-0.39, 0.29) is 18.6 Å². The number of rotatable bonds is 5. The summed E-state index contributed by atoms with van der Waals surface area (Å²) in [5.74, 6) is -1.68. The first-order valence-electron chi connectivity index (χ1n) is 9.98. The largest absolute Gasteiger partial charge is 0.460 e. The van der Waals surface area contributed by atoms with Crippen molar-refractivity contribution >= 4 is 17.6 Å². The monoisotopic (exact) mass is 418 g/mol. The molecule has 0 amide bonds. The molecule has 0 spiro atoms. The Balaban J connectivity index is 1.73. The van der Waals surface area contributed by atoms with E-state index in [1.165, 1.54) is 25.8 Å². The van der Waals surface area contributed by atoms with Crippen molar-refractivity contribution in [1.82, 2.24) is 10.2 Å². The summed E-state index contributed by atoms with van der Waals surface area (Å²) >= 11 is 6.49. The lowest BCUT2D eigenvalue weighted by Gasteiger charge is -2.53. The summed E-state index contributed by atoms with van der Waals surface area (Å²) in [6.07, 6.45) is 3.15. The minimum atomic E-state index is -3.99. The van der Waals surface area contributed by atoms with Crippen LogP contribution >= 0.6 is 11.6 Å². The average molecular weight is 419 g/mol. The molecule has 8 heteroatoms. The molecule has 3 atom stereocenters. The van der Waals surface area contributed by atoms with E-state index in [1.807, 2.05) is 6.08 Å². The Kier molecular flexibility index (Phi) is 6.37. The zero-order valence-corrected chi connectivity index (χ0v) is 17.4. The Morgan fingerprint density at radius 3 is 2.79 bits per heavy atom. The van der Waals surface area contributed by atoms with E-state index >= 15 is 0 Å². The van der Waals surface area contributed by atoms with Crippen LogP contribution in [0.5, 0.6) is 0 Å². The number of ether oxygens (including phenoxy) is 2.